The first kappa shape index (κ1) is 30.6. The van der Waals surface area contributed by atoms with Crippen molar-refractivity contribution in [2.45, 2.75) is 66.1 Å². The van der Waals surface area contributed by atoms with Crippen molar-refractivity contribution in [3.8, 4) is 11.6 Å². The molecule has 45 heavy (non-hydrogen) atoms. The van der Waals surface area contributed by atoms with Crippen molar-refractivity contribution >= 4 is 16.7 Å². The summed E-state index contributed by atoms with van der Waals surface area (Å²) in [4.78, 5) is 28.2. The molecule has 0 radical (unpaired) electrons. The summed E-state index contributed by atoms with van der Waals surface area (Å²) in [5.74, 6) is 0.439. The van der Waals surface area contributed by atoms with Gasteiger partial charge in [-0.3, -0.25) is 9.55 Å². The quantitative estimate of drug-likeness (QED) is 0.216. The van der Waals surface area contributed by atoms with Crippen LogP contribution in [0, 0.1) is 19.3 Å². The molecule has 5 aromatic rings. The van der Waals surface area contributed by atoms with Gasteiger partial charge in [-0.15, -0.1) is 0 Å². The van der Waals surface area contributed by atoms with Crippen molar-refractivity contribution in [2.24, 2.45) is 5.41 Å². The third-order valence-electron chi connectivity index (χ3n) is 9.13. The average Bonchev–Trinajstić information content (AvgIpc) is 3.42. The van der Waals surface area contributed by atoms with Crippen LogP contribution < -0.4 is 15.3 Å². The van der Waals surface area contributed by atoms with Gasteiger partial charge in [-0.05, 0) is 86.4 Å². The summed E-state index contributed by atoms with van der Waals surface area (Å²) in [5, 5.41) is 0. The third kappa shape index (κ3) is 6.38. The lowest BCUT2D eigenvalue weighted by Gasteiger charge is -2.46. The molecule has 1 N–H and O–H groups in total. The number of rotatable bonds is 6. The fraction of sp³-hybridized carbons (Fsp3) is 0.378. The summed E-state index contributed by atoms with van der Waals surface area (Å²) in [7, 11) is 0. The van der Waals surface area contributed by atoms with Crippen LogP contribution in [0.1, 0.15) is 68.1 Å². The molecule has 2 aliphatic heterocycles. The lowest BCUT2D eigenvalue weighted by molar-refractivity contribution is -0.0740. The molecular weight excluding hydrogens is 562 g/mol. The molecule has 0 bridgehead atoms. The minimum Gasteiger partial charge on any atom is -0.471 e. The number of aryl methyl sites for hydroxylation is 2. The van der Waals surface area contributed by atoms with Gasteiger partial charge in [0.05, 0.1) is 29.4 Å². The Hall–Kier alpha value is -4.43. The van der Waals surface area contributed by atoms with Crippen LogP contribution >= 0.6 is 0 Å². The summed E-state index contributed by atoms with van der Waals surface area (Å²) in [6.07, 6.45) is 6.39. The number of imidazole rings is 1. The first-order valence-electron chi connectivity index (χ1n) is 16.2. The van der Waals surface area contributed by atoms with E-state index in [0.29, 0.717) is 18.2 Å². The fourth-order valence-corrected chi connectivity index (χ4v) is 6.56. The van der Waals surface area contributed by atoms with Crippen LogP contribution in [0.4, 0.5) is 5.69 Å². The molecule has 234 valence electrons. The smallest absolute Gasteiger partial charge is 0.331 e. The van der Waals surface area contributed by atoms with E-state index in [2.05, 4.69) is 38.1 Å². The maximum atomic E-state index is 13.5. The number of fused-ring (bicyclic) bond motifs is 1. The van der Waals surface area contributed by atoms with Crippen molar-refractivity contribution in [3.63, 3.8) is 0 Å². The number of nitrogens with one attached hydrogen (secondary N) is 1. The number of pyridine rings is 2. The molecule has 8 nitrogen and oxygen atoms in total. The van der Waals surface area contributed by atoms with Gasteiger partial charge in [0.2, 0.25) is 5.88 Å². The van der Waals surface area contributed by atoms with Crippen LogP contribution in [0.25, 0.3) is 16.7 Å². The summed E-state index contributed by atoms with van der Waals surface area (Å²) >= 11 is 0. The van der Waals surface area contributed by atoms with Crippen molar-refractivity contribution in [1.29, 1.82) is 0 Å². The molecule has 1 spiro atoms. The van der Waals surface area contributed by atoms with Crippen molar-refractivity contribution in [1.82, 2.24) is 19.5 Å². The van der Waals surface area contributed by atoms with Gasteiger partial charge in [-0.25, -0.2) is 9.78 Å². The molecule has 5 heterocycles. The Morgan fingerprint density at radius 2 is 1.69 bits per heavy atom. The van der Waals surface area contributed by atoms with Gasteiger partial charge in [0.1, 0.15) is 12.3 Å². The molecule has 0 saturated carbocycles. The van der Waals surface area contributed by atoms with E-state index in [1.54, 1.807) is 4.57 Å². The summed E-state index contributed by atoms with van der Waals surface area (Å²) < 4.78 is 14.3. The van der Waals surface area contributed by atoms with Crippen LogP contribution in [0.2, 0.25) is 0 Å². The highest BCUT2D eigenvalue weighted by Crippen LogP contribution is 2.45. The highest BCUT2D eigenvalue weighted by molar-refractivity contribution is 5.90. The van der Waals surface area contributed by atoms with Crippen molar-refractivity contribution in [2.75, 3.05) is 24.6 Å². The summed E-state index contributed by atoms with van der Waals surface area (Å²) in [6, 6.07) is 24.1. The molecule has 1 unspecified atom stereocenters. The first-order chi connectivity index (χ1) is 22.0. The number of aromatic amines is 1. The second kappa shape index (κ2) is 13.3. The number of hydrogen-bond acceptors (Lipinski definition) is 6. The van der Waals surface area contributed by atoms with Gasteiger partial charge in [0.15, 0.2) is 0 Å². The Morgan fingerprint density at radius 1 is 0.911 bits per heavy atom. The molecule has 0 amide bonds. The van der Waals surface area contributed by atoms with E-state index in [9.17, 15) is 4.79 Å². The predicted molar refractivity (Wildman–Crippen MR) is 179 cm³/mol. The molecule has 2 fully saturated rings. The van der Waals surface area contributed by atoms with Crippen molar-refractivity contribution < 1.29 is 9.47 Å². The average molecular weight is 606 g/mol. The van der Waals surface area contributed by atoms with Gasteiger partial charge < -0.3 is 19.4 Å². The Labute approximate surface area is 265 Å². The van der Waals surface area contributed by atoms with E-state index in [4.69, 9.17) is 9.47 Å². The zero-order valence-corrected chi connectivity index (χ0v) is 26.8. The van der Waals surface area contributed by atoms with Gasteiger partial charge >= 0.3 is 5.69 Å². The number of ether oxygens (including phenoxy) is 2. The summed E-state index contributed by atoms with van der Waals surface area (Å²) in [6.45, 7) is 10.9. The lowest BCUT2D eigenvalue weighted by atomic mass is 9.73. The van der Waals surface area contributed by atoms with Gasteiger partial charge in [0, 0.05) is 30.7 Å². The van der Waals surface area contributed by atoms with Crippen molar-refractivity contribution in [3.05, 3.63) is 112 Å². The third-order valence-corrected chi connectivity index (χ3v) is 9.13. The number of H-pyrrole nitrogens is 1. The number of benzene rings is 2. The minimum absolute atomic E-state index is 0.133. The van der Waals surface area contributed by atoms with E-state index < -0.39 is 0 Å². The highest BCUT2D eigenvalue weighted by atomic mass is 16.5. The van der Waals surface area contributed by atoms with Crippen LogP contribution in [0.5, 0.6) is 5.88 Å². The lowest BCUT2D eigenvalue weighted by Crippen LogP contribution is -2.44. The monoisotopic (exact) mass is 605 g/mol. The second-order valence-electron chi connectivity index (χ2n) is 12.0. The zero-order valence-electron chi connectivity index (χ0n) is 26.8. The van der Waals surface area contributed by atoms with E-state index in [1.807, 2.05) is 88.5 Å². The highest BCUT2D eigenvalue weighted by Gasteiger charge is 2.39. The molecule has 7 rings (SSSR count). The van der Waals surface area contributed by atoms with E-state index in [-0.39, 0.29) is 17.2 Å². The molecule has 0 aliphatic carbocycles. The Kier molecular flexibility index (Phi) is 9.03. The molecule has 2 aliphatic rings. The van der Waals surface area contributed by atoms with Gasteiger partial charge in [-0.1, -0.05) is 56.3 Å². The number of anilines is 1. The van der Waals surface area contributed by atoms with E-state index in [0.717, 1.165) is 79.1 Å². The number of aromatic nitrogens is 4. The molecular formula is C37H43N5O3. The van der Waals surface area contributed by atoms with E-state index >= 15 is 0 Å². The Morgan fingerprint density at radius 3 is 2.40 bits per heavy atom. The second-order valence-corrected chi connectivity index (χ2v) is 12.0. The van der Waals surface area contributed by atoms with Crippen LogP contribution in [-0.2, 0) is 11.3 Å². The Bertz CT molecular complexity index is 1780. The number of nitrogens with zero attached hydrogens (tertiary/aromatic N) is 4. The molecule has 3 aromatic heterocycles. The summed E-state index contributed by atoms with van der Waals surface area (Å²) in [5.41, 5.74) is 7.41. The van der Waals surface area contributed by atoms with Crippen LogP contribution in [0.3, 0.4) is 0 Å². The normalized spacial score (nSPS) is 17.6. The fourth-order valence-electron chi connectivity index (χ4n) is 6.56. The number of hydrogen-bond donors (Lipinski definition) is 1. The molecule has 2 aromatic carbocycles. The van der Waals surface area contributed by atoms with Crippen LogP contribution in [0.15, 0.2) is 83.8 Å². The molecule has 2 saturated heterocycles. The van der Waals surface area contributed by atoms with Gasteiger partial charge in [0.25, 0.3) is 0 Å². The number of para-hydroxylation sites is 1. The zero-order chi connectivity index (χ0) is 31.4. The van der Waals surface area contributed by atoms with Crippen LogP contribution in [-0.4, -0.2) is 39.2 Å². The SMILES string of the molecule is CC.Cc1ccc(C2CCC3(CCN(c4cccc5c4[nH]c(=O)n5-c4ccc(C)nc4OCc4ccccc4)CC3)CO2)cn1. The molecule has 1 atom stereocenters. The first-order valence-corrected chi connectivity index (χ1v) is 16.2. The van der Waals surface area contributed by atoms with Gasteiger partial charge in [-0.2, -0.15) is 0 Å². The standard InChI is InChI=1S/C35H37N5O3.C2H6/c1-24-11-13-27(21-36-24)31-15-16-35(23-43-31)17-19-39(20-18-35)28-9-6-10-29-32(28)38-34(41)40(29)30-14-12-25(2)37-33(30)42-22-26-7-4-3-5-8-26;1-2/h3-14,21,31H,15-20,22-23H2,1-2H3,(H,38,41);1-2H3. The topological polar surface area (TPSA) is 85.3 Å². The number of piperidine rings is 1. The largest absolute Gasteiger partial charge is 0.471 e. The maximum Gasteiger partial charge on any atom is 0.331 e. The Balaban J connectivity index is 0.00000175. The van der Waals surface area contributed by atoms with E-state index in [1.165, 1.54) is 5.56 Å². The molecule has 8 heteroatoms. The predicted octanol–water partition coefficient (Wildman–Crippen LogP) is 7.47. The maximum absolute atomic E-state index is 13.5. The minimum atomic E-state index is -0.205.